The maximum atomic E-state index is 9.46. The first-order valence-electron chi connectivity index (χ1n) is 10.4. The quantitative estimate of drug-likeness (QED) is 0.355. The number of aryl methyl sites for hydroxylation is 2. The molecule has 0 aliphatic carbocycles. The van der Waals surface area contributed by atoms with Gasteiger partial charge in [0.15, 0.2) is 0 Å². The molecule has 4 rings (SSSR count). The summed E-state index contributed by atoms with van der Waals surface area (Å²) in [6.07, 6.45) is 1.19. The van der Waals surface area contributed by atoms with Gasteiger partial charge in [-0.1, -0.05) is 36.4 Å². The summed E-state index contributed by atoms with van der Waals surface area (Å²) in [7, 11) is 0. The Kier molecular flexibility index (Phi) is 6.84. The molecule has 0 unspecified atom stereocenters. The molecule has 1 aromatic heterocycles. The van der Waals surface area contributed by atoms with E-state index in [9.17, 15) is 15.3 Å². The molecule has 1 heterocycles. The summed E-state index contributed by atoms with van der Waals surface area (Å²) >= 11 is 0. The minimum atomic E-state index is 0.138. The highest BCUT2D eigenvalue weighted by Gasteiger charge is 2.11. The minimum absolute atomic E-state index is 0.138. The van der Waals surface area contributed by atoms with Crippen LogP contribution in [0.15, 0.2) is 72.8 Å². The molecular weight excluding hydrogens is 422 g/mol. The van der Waals surface area contributed by atoms with Gasteiger partial charge in [-0.05, 0) is 59.5 Å². The molecule has 33 heavy (non-hydrogen) atoms. The van der Waals surface area contributed by atoms with E-state index in [0.29, 0.717) is 18.7 Å². The van der Waals surface area contributed by atoms with E-state index in [-0.39, 0.29) is 42.5 Å². The molecule has 4 aromatic rings. The highest BCUT2D eigenvalue weighted by molar-refractivity contribution is 5.27. The van der Waals surface area contributed by atoms with Gasteiger partial charge in [0, 0.05) is 6.42 Å². The number of benzene rings is 3. The third-order valence-electron chi connectivity index (χ3n) is 4.82. The fraction of sp³-hybridized carbons (Fsp3) is 0.160. The molecule has 3 N–H and O–H groups in total. The Morgan fingerprint density at radius 1 is 0.485 bits per heavy atom. The Morgan fingerprint density at radius 3 is 1.30 bits per heavy atom. The van der Waals surface area contributed by atoms with E-state index in [2.05, 4.69) is 15.0 Å². The van der Waals surface area contributed by atoms with Gasteiger partial charge in [-0.25, -0.2) is 0 Å². The van der Waals surface area contributed by atoms with Crippen molar-refractivity contribution in [2.75, 3.05) is 0 Å². The maximum Gasteiger partial charge on any atom is 0.323 e. The molecule has 0 aliphatic heterocycles. The lowest BCUT2D eigenvalue weighted by atomic mass is 10.1. The standard InChI is InChI=1S/C25H23N3O5/c29-20-8-1-17(2-9-20)7-14-23-26-24(32-15-18-3-10-21(30)11-4-18)28-25(27-23)33-16-19-5-12-22(31)13-6-19/h1-6,8-13,29-31H,7,14-16H2. The predicted octanol–water partition coefficient (Wildman–Crippen LogP) is 3.93. The summed E-state index contributed by atoms with van der Waals surface area (Å²) in [5.41, 5.74) is 2.74. The monoisotopic (exact) mass is 445 g/mol. The summed E-state index contributed by atoms with van der Waals surface area (Å²) in [6, 6.07) is 20.6. The Bertz CT molecular complexity index is 1020. The average molecular weight is 445 g/mol. The van der Waals surface area contributed by atoms with Crippen LogP contribution in [0, 0.1) is 0 Å². The minimum Gasteiger partial charge on any atom is -0.508 e. The number of phenolic OH excluding ortho intramolecular Hbond substituents is 3. The van der Waals surface area contributed by atoms with Crippen molar-refractivity contribution in [2.45, 2.75) is 26.1 Å². The Morgan fingerprint density at radius 2 is 0.879 bits per heavy atom. The number of hydrogen-bond donors (Lipinski definition) is 3. The highest BCUT2D eigenvalue weighted by Crippen LogP contribution is 2.18. The van der Waals surface area contributed by atoms with Gasteiger partial charge >= 0.3 is 12.0 Å². The van der Waals surface area contributed by atoms with E-state index in [1.54, 1.807) is 60.7 Å². The molecule has 168 valence electrons. The second kappa shape index (κ2) is 10.3. The predicted molar refractivity (Wildman–Crippen MR) is 120 cm³/mol. The van der Waals surface area contributed by atoms with Crippen molar-refractivity contribution in [1.29, 1.82) is 0 Å². The summed E-state index contributed by atoms with van der Waals surface area (Å²) < 4.78 is 11.5. The van der Waals surface area contributed by atoms with Gasteiger partial charge in [0.1, 0.15) is 36.3 Å². The normalized spacial score (nSPS) is 10.7. The molecule has 8 heteroatoms. The molecule has 0 saturated carbocycles. The summed E-state index contributed by atoms with van der Waals surface area (Å²) in [6.45, 7) is 0.443. The van der Waals surface area contributed by atoms with Crippen molar-refractivity contribution in [3.05, 3.63) is 95.3 Å². The second-order valence-corrected chi connectivity index (χ2v) is 7.39. The number of rotatable bonds is 9. The van der Waals surface area contributed by atoms with Gasteiger partial charge in [-0.3, -0.25) is 0 Å². The van der Waals surface area contributed by atoms with Gasteiger partial charge in [0.05, 0.1) is 0 Å². The van der Waals surface area contributed by atoms with Gasteiger partial charge in [0.25, 0.3) is 0 Å². The van der Waals surface area contributed by atoms with Crippen molar-refractivity contribution < 1.29 is 24.8 Å². The fourth-order valence-electron chi connectivity index (χ4n) is 3.02. The lowest BCUT2D eigenvalue weighted by molar-refractivity contribution is 0.247. The van der Waals surface area contributed by atoms with Gasteiger partial charge in [-0.2, -0.15) is 9.97 Å². The van der Waals surface area contributed by atoms with Crippen LogP contribution >= 0.6 is 0 Å². The molecular formula is C25H23N3O5. The van der Waals surface area contributed by atoms with E-state index >= 15 is 0 Å². The van der Waals surface area contributed by atoms with Crippen LogP contribution in [0.25, 0.3) is 0 Å². The van der Waals surface area contributed by atoms with E-state index in [4.69, 9.17) is 9.47 Å². The van der Waals surface area contributed by atoms with Crippen LogP contribution in [0.4, 0.5) is 0 Å². The third kappa shape index (κ3) is 6.57. The topological polar surface area (TPSA) is 118 Å². The summed E-state index contributed by atoms with van der Waals surface area (Å²) in [5, 5.41) is 28.3. The Hall–Kier alpha value is -4.33. The van der Waals surface area contributed by atoms with Gasteiger partial charge in [-0.15, -0.1) is 4.98 Å². The van der Waals surface area contributed by atoms with E-state index in [0.717, 1.165) is 16.7 Å². The molecule has 0 spiro atoms. The molecule has 0 aliphatic rings. The largest absolute Gasteiger partial charge is 0.508 e. The first kappa shape index (κ1) is 21.9. The van der Waals surface area contributed by atoms with Crippen molar-refractivity contribution in [2.24, 2.45) is 0 Å². The molecule has 0 amide bonds. The Labute approximate surface area is 190 Å². The first-order valence-corrected chi connectivity index (χ1v) is 10.4. The van der Waals surface area contributed by atoms with Gasteiger partial charge < -0.3 is 24.8 Å². The van der Waals surface area contributed by atoms with Crippen molar-refractivity contribution in [3.63, 3.8) is 0 Å². The number of hydrogen-bond acceptors (Lipinski definition) is 8. The van der Waals surface area contributed by atoms with Crippen LogP contribution < -0.4 is 9.47 Å². The SMILES string of the molecule is Oc1ccc(CCc2nc(OCc3ccc(O)cc3)nc(OCc3ccc(O)cc3)n2)cc1. The van der Waals surface area contributed by atoms with Crippen LogP contribution in [-0.4, -0.2) is 30.3 Å². The van der Waals surface area contributed by atoms with Crippen molar-refractivity contribution in [1.82, 2.24) is 15.0 Å². The average Bonchev–Trinajstić information content (AvgIpc) is 2.83. The first-order chi connectivity index (χ1) is 16.0. The molecule has 3 aromatic carbocycles. The van der Waals surface area contributed by atoms with Crippen LogP contribution in [0.2, 0.25) is 0 Å². The number of aromatic hydroxyl groups is 3. The zero-order valence-corrected chi connectivity index (χ0v) is 17.8. The van der Waals surface area contributed by atoms with Crippen molar-refractivity contribution in [3.8, 4) is 29.3 Å². The second-order valence-electron chi connectivity index (χ2n) is 7.39. The molecule has 0 radical (unpaired) electrons. The smallest absolute Gasteiger partial charge is 0.323 e. The molecule has 0 atom stereocenters. The zero-order chi connectivity index (χ0) is 23.0. The van der Waals surface area contributed by atoms with E-state index in [1.807, 2.05) is 12.1 Å². The number of phenols is 3. The lowest BCUT2D eigenvalue weighted by Crippen LogP contribution is -2.08. The Balaban J connectivity index is 1.48. The van der Waals surface area contributed by atoms with Crippen LogP contribution in [0.1, 0.15) is 22.5 Å². The maximum absolute atomic E-state index is 9.46. The van der Waals surface area contributed by atoms with Crippen LogP contribution in [-0.2, 0) is 26.1 Å². The fourth-order valence-corrected chi connectivity index (χ4v) is 3.02. The van der Waals surface area contributed by atoms with Crippen LogP contribution in [0.5, 0.6) is 29.3 Å². The number of nitrogens with zero attached hydrogens (tertiary/aromatic N) is 3. The van der Waals surface area contributed by atoms with Gasteiger partial charge in [0.2, 0.25) is 0 Å². The molecule has 8 nitrogen and oxygen atoms in total. The third-order valence-corrected chi connectivity index (χ3v) is 4.82. The summed E-state index contributed by atoms with van der Waals surface area (Å²) in [5.74, 6) is 1.09. The highest BCUT2D eigenvalue weighted by atomic mass is 16.5. The number of ether oxygens (including phenoxy) is 2. The summed E-state index contributed by atoms with van der Waals surface area (Å²) in [4.78, 5) is 13.1. The van der Waals surface area contributed by atoms with E-state index in [1.165, 1.54) is 0 Å². The molecule has 0 saturated heterocycles. The molecule has 0 fully saturated rings. The van der Waals surface area contributed by atoms with Crippen molar-refractivity contribution >= 4 is 0 Å². The lowest BCUT2D eigenvalue weighted by Gasteiger charge is -2.10. The van der Waals surface area contributed by atoms with Crippen LogP contribution in [0.3, 0.4) is 0 Å². The number of aromatic nitrogens is 3. The van der Waals surface area contributed by atoms with E-state index < -0.39 is 0 Å². The molecule has 0 bridgehead atoms. The zero-order valence-electron chi connectivity index (χ0n) is 17.8.